The Morgan fingerprint density at radius 2 is 2.50 bits per heavy atom. The minimum Gasteiger partial charge on any atom is -0.396 e. The standard InChI is InChI=1S/C7H11N3O2/c11-4-6-1-10(2-6)3-7-8-5-12-9-7/h5-6,11H,1-4H2. The first-order valence-corrected chi connectivity index (χ1v) is 3.97. The molecule has 1 aromatic heterocycles. The van der Waals surface area contributed by atoms with Crippen molar-refractivity contribution in [1.82, 2.24) is 15.0 Å². The van der Waals surface area contributed by atoms with Gasteiger partial charge in [-0.05, 0) is 0 Å². The summed E-state index contributed by atoms with van der Waals surface area (Å²) in [6.07, 6.45) is 1.33. The maximum Gasteiger partial charge on any atom is 0.213 e. The lowest BCUT2D eigenvalue weighted by Crippen LogP contribution is -2.47. The molecule has 0 amide bonds. The van der Waals surface area contributed by atoms with Crippen LogP contribution in [0.1, 0.15) is 5.82 Å². The summed E-state index contributed by atoms with van der Waals surface area (Å²) < 4.78 is 4.60. The molecule has 0 radical (unpaired) electrons. The highest BCUT2D eigenvalue weighted by Crippen LogP contribution is 2.15. The molecule has 2 rings (SSSR count). The fourth-order valence-corrected chi connectivity index (χ4v) is 1.38. The predicted octanol–water partition coefficient (Wildman–Crippen LogP) is -0.506. The van der Waals surface area contributed by atoms with Crippen LogP contribution >= 0.6 is 0 Å². The number of aliphatic hydroxyl groups excluding tert-OH is 1. The van der Waals surface area contributed by atoms with Crippen molar-refractivity contribution in [3.8, 4) is 0 Å². The van der Waals surface area contributed by atoms with Gasteiger partial charge in [-0.2, -0.15) is 4.98 Å². The van der Waals surface area contributed by atoms with Gasteiger partial charge < -0.3 is 9.63 Å². The topological polar surface area (TPSA) is 62.4 Å². The van der Waals surface area contributed by atoms with Gasteiger partial charge in [0.1, 0.15) is 0 Å². The summed E-state index contributed by atoms with van der Waals surface area (Å²) in [4.78, 5) is 6.08. The third kappa shape index (κ3) is 1.46. The van der Waals surface area contributed by atoms with E-state index in [4.69, 9.17) is 5.11 Å². The van der Waals surface area contributed by atoms with Gasteiger partial charge in [0.15, 0.2) is 5.82 Å². The molecule has 66 valence electrons. The third-order valence-corrected chi connectivity index (χ3v) is 2.06. The van der Waals surface area contributed by atoms with Gasteiger partial charge in [-0.3, -0.25) is 4.90 Å². The van der Waals surface area contributed by atoms with Crippen molar-refractivity contribution >= 4 is 0 Å². The Kier molecular flexibility index (Phi) is 2.05. The molecule has 1 aliphatic heterocycles. The van der Waals surface area contributed by atoms with Crippen LogP contribution in [0.3, 0.4) is 0 Å². The Hall–Kier alpha value is -0.940. The van der Waals surface area contributed by atoms with Crippen molar-refractivity contribution in [2.45, 2.75) is 6.54 Å². The molecular formula is C7H11N3O2. The van der Waals surface area contributed by atoms with Crippen LogP contribution in [-0.2, 0) is 6.54 Å². The highest BCUT2D eigenvalue weighted by molar-refractivity contribution is 4.85. The van der Waals surface area contributed by atoms with Crippen LogP contribution in [-0.4, -0.2) is 39.8 Å². The van der Waals surface area contributed by atoms with E-state index >= 15 is 0 Å². The largest absolute Gasteiger partial charge is 0.396 e. The zero-order chi connectivity index (χ0) is 8.39. The van der Waals surface area contributed by atoms with E-state index in [1.165, 1.54) is 6.39 Å². The summed E-state index contributed by atoms with van der Waals surface area (Å²) in [5.74, 6) is 1.16. The van der Waals surface area contributed by atoms with Gasteiger partial charge in [-0.1, -0.05) is 5.16 Å². The average molecular weight is 169 g/mol. The highest BCUT2D eigenvalue weighted by atomic mass is 16.5. The summed E-state index contributed by atoms with van der Waals surface area (Å²) in [6.45, 7) is 2.88. The van der Waals surface area contributed by atoms with Crippen LogP contribution < -0.4 is 0 Å². The van der Waals surface area contributed by atoms with Crippen molar-refractivity contribution < 1.29 is 9.63 Å². The number of hydrogen-bond donors (Lipinski definition) is 1. The van der Waals surface area contributed by atoms with Crippen molar-refractivity contribution in [2.24, 2.45) is 5.92 Å². The monoisotopic (exact) mass is 169 g/mol. The Bertz CT molecular complexity index is 231. The van der Waals surface area contributed by atoms with E-state index in [1.54, 1.807) is 0 Å². The summed E-state index contributed by atoms with van der Waals surface area (Å²) in [5.41, 5.74) is 0. The second-order valence-corrected chi connectivity index (χ2v) is 3.09. The Balaban J connectivity index is 1.77. The average Bonchev–Trinajstić information content (AvgIpc) is 2.47. The van der Waals surface area contributed by atoms with Crippen molar-refractivity contribution in [1.29, 1.82) is 0 Å². The zero-order valence-corrected chi connectivity index (χ0v) is 6.68. The molecule has 1 saturated heterocycles. The zero-order valence-electron chi connectivity index (χ0n) is 6.68. The van der Waals surface area contributed by atoms with Gasteiger partial charge in [0.2, 0.25) is 6.39 Å². The number of hydrogen-bond acceptors (Lipinski definition) is 5. The molecule has 0 atom stereocenters. The normalized spacial score (nSPS) is 19.4. The van der Waals surface area contributed by atoms with E-state index < -0.39 is 0 Å². The smallest absolute Gasteiger partial charge is 0.213 e. The van der Waals surface area contributed by atoms with Gasteiger partial charge in [0.25, 0.3) is 0 Å². The molecule has 1 fully saturated rings. The minimum atomic E-state index is 0.281. The van der Waals surface area contributed by atoms with Crippen LogP contribution in [0.25, 0.3) is 0 Å². The number of rotatable bonds is 3. The van der Waals surface area contributed by atoms with E-state index in [1.807, 2.05) is 0 Å². The Morgan fingerprint density at radius 1 is 1.67 bits per heavy atom. The maximum atomic E-state index is 8.75. The number of nitrogens with zero attached hydrogens (tertiary/aromatic N) is 3. The summed E-state index contributed by atoms with van der Waals surface area (Å²) in [7, 11) is 0. The summed E-state index contributed by atoms with van der Waals surface area (Å²) >= 11 is 0. The van der Waals surface area contributed by atoms with Gasteiger partial charge in [0.05, 0.1) is 6.54 Å². The first-order valence-electron chi connectivity index (χ1n) is 3.97. The quantitative estimate of drug-likeness (QED) is 0.660. The van der Waals surface area contributed by atoms with Crippen LogP contribution in [0.15, 0.2) is 10.9 Å². The first-order chi connectivity index (χ1) is 5.88. The number of aromatic nitrogens is 2. The molecule has 0 aliphatic carbocycles. The molecule has 0 bridgehead atoms. The molecule has 1 aromatic rings. The minimum absolute atomic E-state index is 0.281. The molecular weight excluding hydrogens is 158 g/mol. The second kappa shape index (κ2) is 3.20. The highest BCUT2D eigenvalue weighted by Gasteiger charge is 2.26. The molecule has 5 heteroatoms. The van der Waals surface area contributed by atoms with E-state index in [-0.39, 0.29) is 6.61 Å². The lowest BCUT2D eigenvalue weighted by molar-refractivity contribution is 0.0454. The third-order valence-electron chi connectivity index (χ3n) is 2.06. The van der Waals surface area contributed by atoms with Gasteiger partial charge in [-0.15, -0.1) is 0 Å². The predicted molar refractivity (Wildman–Crippen MR) is 40.2 cm³/mol. The summed E-state index contributed by atoms with van der Waals surface area (Å²) in [5, 5.41) is 12.5. The van der Waals surface area contributed by atoms with Gasteiger partial charge in [0, 0.05) is 25.6 Å². The molecule has 0 aromatic carbocycles. The fourth-order valence-electron chi connectivity index (χ4n) is 1.38. The van der Waals surface area contributed by atoms with E-state index in [2.05, 4.69) is 19.6 Å². The lowest BCUT2D eigenvalue weighted by Gasteiger charge is -2.37. The number of likely N-dealkylation sites (tertiary alicyclic amines) is 1. The Morgan fingerprint density at radius 3 is 3.08 bits per heavy atom. The van der Waals surface area contributed by atoms with Crippen LogP contribution in [0.5, 0.6) is 0 Å². The van der Waals surface area contributed by atoms with Crippen LogP contribution in [0.2, 0.25) is 0 Å². The maximum absolute atomic E-state index is 8.75. The SMILES string of the molecule is OCC1CN(Cc2ncon2)C1. The molecule has 5 nitrogen and oxygen atoms in total. The Labute approximate surface area is 70.0 Å². The van der Waals surface area contributed by atoms with Gasteiger partial charge >= 0.3 is 0 Å². The number of aliphatic hydroxyl groups is 1. The van der Waals surface area contributed by atoms with Crippen LogP contribution in [0.4, 0.5) is 0 Å². The molecule has 1 aliphatic rings. The van der Waals surface area contributed by atoms with Gasteiger partial charge in [-0.25, -0.2) is 0 Å². The lowest BCUT2D eigenvalue weighted by atomic mass is 10.0. The molecule has 1 N–H and O–H groups in total. The summed E-state index contributed by atoms with van der Waals surface area (Å²) in [6, 6.07) is 0. The molecule has 0 spiro atoms. The van der Waals surface area contributed by atoms with E-state index in [9.17, 15) is 0 Å². The molecule has 12 heavy (non-hydrogen) atoms. The van der Waals surface area contributed by atoms with E-state index in [0.717, 1.165) is 19.6 Å². The van der Waals surface area contributed by atoms with Crippen molar-refractivity contribution in [3.63, 3.8) is 0 Å². The van der Waals surface area contributed by atoms with Crippen molar-refractivity contribution in [3.05, 3.63) is 12.2 Å². The molecule has 2 heterocycles. The van der Waals surface area contributed by atoms with Crippen LogP contribution in [0, 0.1) is 5.92 Å². The first kappa shape index (κ1) is 7.70. The van der Waals surface area contributed by atoms with E-state index in [0.29, 0.717) is 11.7 Å². The molecule has 0 unspecified atom stereocenters. The second-order valence-electron chi connectivity index (χ2n) is 3.09. The van der Waals surface area contributed by atoms with Crippen molar-refractivity contribution in [2.75, 3.05) is 19.7 Å². The molecule has 0 saturated carbocycles. The fraction of sp³-hybridized carbons (Fsp3) is 0.714.